The number of hydrogen-bond acceptors (Lipinski definition) is 5. The second-order valence-corrected chi connectivity index (χ2v) is 7.80. The third kappa shape index (κ3) is 12.1. The fourth-order valence-corrected chi connectivity index (χ4v) is 2.84. The Hall–Kier alpha value is -2.41. The van der Waals surface area contributed by atoms with Crippen molar-refractivity contribution in [1.29, 1.82) is 0 Å². The molecule has 0 aliphatic carbocycles. The number of carboxylic acid groups (broad SMARTS) is 2. The molecule has 0 fully saturated rings. The minimum atomic E-state index is -1.82. The van der Waals surface area contributed by atoms with Gasteiger partial charge in [-0.1, -0.05) is 57.5 Å². The highest BCUT2D eigenvalue weighted by Gasteiger charge is 2.25. The van der Waals surface area contributed by atoms with E-state index in [-0.39, 0.29) is 17.3 Å². The van der Waals surface area contributed by atoms with Crippen LogP contribution in [0.3, 0.4) is 0 Å². The Morgan fingerprint density at radius 3 is 2.04 bits per heavy atom. The molecule has 0 aliphatic rings. The summed E-state index contributed by atoms with van der Waals surface area (Å²) in [6.45, 7) is 7.75. The minimum Gasteiger partial charge on any atom is -0.473 e. The number of ether oxygens (including phenoxy) is 1. The molecule has 1 atom stereocenters. The number of esters is 1. The molecule has 1 aromatic carbocycles. The van der Waals surface area contributed by atoms with Crippen molar-refractivity contribution >= 4 is 17.9 Å². The van der Waals surface area contributed by atoms with Crippen LogP contribution in [-0.4, -0.2) is 60.3 Å². The first kappa shape index (κ1) is 25.6. The van der Waals surface area contributed by atoms with Gasteiger partial charge in [0.05, 0.1) is 12.5 Å². The summed E-state index contributed by atoms with van der Waals surface area (Å²) in [4.78, 5) is 32.8. The third-order valence-corrected chi connectivity index (χ3v) is 3.83. The number of rotatable bonds is 9. The molecule has 0 saturated carbocycles. The molecule has 1 rings (SSSR count). The molecule has 1 unspecified atom stereocenters. The summed E-state index contributed by atoms with van der Waals surface area (Å²) in [5, 5.41) is 14.8. The quantitative estimate of drug-likeness (QED) is 0.489. The molecular weight excluding hydrogens is 362 g/mol. The van der Waals surface area contributed by atoms with Crippen LogP contribution in [0.4, 0.5) is 0 Å². The van der Waals surface area contributed by atoms with Gasteiger partial charge in [0.1, 0.15) is 0 Å². The summed E-state index contributed by atoms with van der Waals surface area (Å²) in [5.41, 5.74) is 1.17. The predicted octanol–water partition coefficient (Wildman–Crippen LogP) is 2.93. The van der Waals surface area contributed by atoms with Crippen LogP contribution in [-0.2, 0) is 25.5 Å². The largest absolute Gasteiger partial charge is 0.473 e. The molecule has 7 heteroatoms. The van der Waals surface area contributed by atoms with Gasteiger partial charge >= 0.3 is 17.9 Å². The highest BCUT2D eigenvalue weighted by Crippen LogP contribution is 2.20. The first-order valence-corrected chi connectivity index (χ1v) is 9.30. The first-order valence-electron chi connectivity index (χ1n) is 9.30. The topological polar surface area (TPSA) is 104 Å². The zero-order valence-corrected chi connectivity index (χ0v) is 17.5. The standard InChI is InChI=1S/C19H31NO2.C2H2O4/c1-6-10-17(13-16-11-8-7-9-12-16)18(21)22-15-19(2,3)14-20(4)5;3-1(4)2(5)6/h7-9,11-12,17H,6,10,13-15H2,1-5H3;(H,3,4)(H,5,6). The van der Waals surface area contributed by atoms with Gasteiger partial charge in [0.25, 0.3) is 0 Å². The Kier molecular flexibility index (Phi) is 11.8. The van der Waals surface area contributed by atoms with E-state index in [2.05, 4.69) is 37.8 Å². The SMILES string of the molecule is CCCC(Cc1ccccc1)C(=O)OCC(C)(C)CN(C)C.O=C(O)C(=O)O. The maximum absolute atomic E-state index is 12.4. The Morgan fingerprint density at radius 1 is 1.07 bits per heavy atom. The molecule has 28 heavy (non-hydrogen) atoms. The average Bonchev–Trinajstić information content (AvgIpc) is 2.59. The Bertz CT molecular complexity index is 601. The van der Waals surface area contributed by atoms with Gasteiger partial charge in [0.2, 0.25) is 0 Å². The second kappa shape index (κ2) is 12.9. The Morgan fingerprint density at radius 2 is 1.61 bits per heavy atom. The summed E-state index contributed by atoms with van der Waals surface area (Å²) in [6.07, 6.45) is 2.64. The molecule has 0 aromatic heterocycles. The van der Waals surface area contributed by atoms with E-state index in [4.69, 9.17) is 24.5 Å². The lowest BCUT2D eigenvalue weighted by Crippen LogP contribution is -2.34. The highest BCUT2D eigenvalue weighted by atomic mass is 16.5. The number of carbonyl (C=O) groups excluding carboxylic acids is 1. The number of benzene rings is 1. The van der Waals surface area contributed by atoms with Gasteiger partial charge in [-0.05, 0) is 32.5 Å². The zero-order valence-electron chi connectivity index (χ0n) is 17.5. The molecular formula is C21H33NO6. The van der Waals surface area contributed by atoms with E-state index in [1.807, 2.05) is 32.3 Å². The molecule has 0 aliphatic heterocycles. The number of carbonyl (C=O) groups is 3. The fourth-order valence-electron chi connectivity index (χ4n) is 2.84. The van der Waals surface area contributed by atoms with Crippen molar-refractivity contribution in [2.24, 2.45) is 11.3 Å². The van der Waals surface area contributed by atoms with Crippen molar-refractivity contribution in [2.75, 3.05) is 27.2 Å². The smallest absolute Gasteiger partial charge is 0.414 e. The van der Waals surface area contributed by atoms with E-state index in [1.165, 1.54) is 5.56 Å². The Labute approximate surface area is 167 Å². The molecule has 0 heterocycles. The van der Waals surface area contributed by atoms with Crippen LogP contribution < -0.4 is 0 Å². The molecule has 0 saturated heterocycles. The van der Waals surface area contributed by atoms with Crippen LogP contribution in [0.5, 0.6) is 0 Å². The summed E-state index contributed by atoms with van der Waals surface area (Å²) in [7, 11) is 4.08. The van der Waals surface area contributed by atoms with E-state index in [0.717, 1.165) is 25.8 Å². The van der Waals surface area contributed by atoms with Gasteiger partial charge in [-0.2, -0.15) is 0 Å². The Balaban J connectivity index is 0.00000105. The van der Waals surface area contributed by atoms with Crippen molar-refractivity contribution < 1.29 is 29.3 Å². The molecule has 158 valence electrons. The van der Waals surface area contributed by atoms with Crippen LogP contribution >= 0.6 is 0 Å². The molecule has 0 spiro atoms. The van der Waals surface area contributed by atoms with Gasteiger partial charge in [-0.3, -0.25) is 4.79 Å². The molecule has 0 bridgehead atoms. The van der Waals surface area contributed by atoms with Gasteiger partial charge in [-0.25, -0.2) is 9.59 Å². The molecule has 1 aromatic rings. The fraction of sp³-hybridized carbons (Fsp3) is 0.571. The normalized spacial score (nSPS) is 11.9. The number of carboxylic acids is 2. The van der Waals surface area contributed by atoms with E-state index >= 15 is 0 Å². The van der Waals surface area contributed by atoms with E-state index < -0.39 is 11.9 Å². The van der Waals surface area contributed by atoms with Crippen molar-refractivity contribution in [3.63, 3.8) is 0 Å². The van der Waals surface area contributed by atoms with E-state index in [9.17, 15) is 4.79 Å². The zero-order chi connectivity index (χ0) is 21.7. The van der Waals surface area contributed by atoms with Gasteiger partial charge in [0.15, 0.2) is 0 Å². The van der Waals surface area contributed by atoms with Crippen LogP contribution in [0.2, 0.25) is 0 Å². The highest BCUT2D eigenvalue weighted by molar-refractivity contribution is 6.27. The van der Waals surface area contributed by atoms with Crippen LogP contribution in [0, 0.1) is 11.3 Å². The molecule has 2 N–H and O–H groups in total. The lowest BCUT2D eigenvalue weighted by molar-refractivity contribution is -0.159. The van der Waals surface area contributed by atoms with E-state index in [0.29, 0.717) is 6.61 Å². The van der Waals surface area contributed by atoms with E-state index in [1.54, 1.807) is 0 Å². The second-order valence-electron chi connectivity index (χ2n) is 7.80. The van der Waals surface area contributed by atoms with Crippen molar-refractivity contribution in [3.8, 4) is 0 Å². The summed E-state index contributed by atoms with van der Waals surface area (Å²) in [5.74, 6) is -3.75. The molecule has 0 amide bonds. The molecule has 7 nitrogen and oxygen atoms in total. The van der Waals surface area contributed by atoms with Crippen LogP contribution in [0.25, 0.3) is 0 Å². The third-order valence-electron chi connectivity index (χ3n) is 3.83. The lowest BCUT2D eigenvalue weighted by atomic mass is 9.93. The van der Waals surface area contributed by atoms with Crippen molar-refractivity contribution in [1.82, 2.24) is 4.90 Å². The maximum atomic E-state index is 12.4. The van der Waals surface area contributed by atoms with Crippen LogP contribution in [0.1, 0.15) is 39.2 Å². The lowest BCUT2D eigenvalue weighted by Gasteiger charge is -2.28. The summed E-state index contributed by atoms with van der Waals surface area (Å²) < 4.78 is 5.63. The monoisotopic (exact) mass is 395 g/mol. The average molecular weight is 395 g/mol. The van der Waals surface area contributed by atoms with Crippen LogP contribution in [0.15, 0.2) is 30.3 Å². The predicted molar refractivity (Wildman–Crippen MR) is 107 cm³/mol. The van der Waals surface area contributed by atoms with Gasteiger partial charge < -0.3 is 19.8 Å². The minimum absolute atomic E-state index is 0.0251. The maximum Gasteiger partial charge on any atom is 0.414 e. The summed E-state index contributed by atoms with van der Waals surface area (Å²) >= 11 is 0. The van der Waals surface area contributed by atoms with Gasteiger partial charge in [0, 0.05) is 12.0 Å². The van der Waals surface area contributed by atoms with Gasteiger partial charge in [-0.15, -0.1) is 0 Å². The van der Waals surface area contributed by atoms with Crippen molar-refractivity contribution in [3.05, 3.63) is 35.9 Å². The summed E-state index contributed by atoms with van der Waals surface area (Å²) in [6, 6.07) is 10.2. The number of aliphatic carboxylic acids is 2. The first-order chi connectivity index (χ1) is 13.0. The number of nitrogens with zero attached hydrogens (tertiary/aromatic N) is 1. The van der Waals surface area contributed by atoms with Crippen molar-refractivity contribution in [2.45, 2.75) is 40.0 Å². The number of hydrogen-bond donors (Lipinski definition) is 2. The molecule has 0 radical (unpaired) electrons.